The van der Waals surface area contributed by atoms with Gasteiger partial charge in [-0.2, -0.15) is 5.10 Å². The predicted octanol–water partition coefficient (Wildman–Crippen LogP) is 2.85. The Hall–Kier alpha value is -2.70. The summed E-state index contributed by atoms with van der Waals surface area (Å²) in [5.41, 5.74) is 6.12. The molecule has 0 aliphatic rings. The average molecular weight is 316 g/mol. The fourth-order valence-corrected chi connectivity index (χ4v) is 2.23. The topological polar surface area (TPSA) is 101 Å². The number of carbonyl (C=O) groups is 1. The molecular weight excluding hydrogens is 296 g/mol. The maximum Gasteiger partial charge on any atom is 0.303 e. The van der Waals surface area contributed by atoms with Crippen molar-refractivity contribution in [1.82, 2.24) is 9.97 Å². The standard InChI is InChI=1S/C16H20N4O3/c1-9-7-10(2)18-16(17-9)20-19-11(3)14-8-13(23-12(14)4)5-6-15(21)22/h7-8H,5-6H2,1-4H3,(H,21,22)(H,17,18,20)/b19-11-. The second-order valence-corrected chi connectivity index (χ2v) is 5.36. The minimum Gasteiger partial charge on any atom is -0.481 e. The summed E-state index contributed by atoms with van der Waals surface area (Å²) in [5, 5.41) is 13.0. The van der Waals surface area contributed by atoms with E-state index >= 15 is 0 Å². The summed E-state index contributed by atoms with van der Waals surface area (Å²) in [5.74, 6) is 0.931. The van der Waals surface area contributed by atoms with Gasteiger partial charge < -0.3 is 9.52 Å². The van der Waals surface area contributed by atoms with Gasteiger partial charge in [-0.05, 0) is 39.8 Å². The Morgan fingerprint density at radius 2 is 1.91 bits per heavy atom. The van der Waals surface area contributed by atoms with Crippen molar-refractivity contribution >= 4 is 17.6 Å². The van der Waals surface area contributed by atoms with E-state index < -0.39 is 5.97 Å². The number of aromatic nitrogens is 2. The molecule has 7 heteroatoms. The van der Waals surface area contributed by atoms with Crippen molar-refractivity contribution in [3.8, 4) is 0 Å². The Kier molecular flexibility index (Phi) is 5.10. The van der Waals surface area contributed by atoms with Gasteiger partial charge in [-0.1, -0.05) is 0 Å². The largest absolute Gasteiger partial charge is 0.481 e. The van der Waals surface area contributed by atoms with Gasteiger partial charge in [0.25, 0.3) is 0 Å². The van der Waals surface area contributed by atoms with Gasteiger partial charge in [0.2, 0.25) is 5.95 Å². The van der Waals surface area contributed by atoms with Gasteiger partial charge in [0.05, 0.1) is 12.1 Å². The number of hydrazone groups is 1. The van der Waals surface area contributed by atoms with Crippen LogP contribution in [0.5, 0.6) is 0 Å². The third kappa shape index (κ3) is 4.64. The summed E-state index contributed by atoms with van der Waals surface area (Å²) in [6.07, 6.45) is 0.397. The number of carboxylic acid groups (broad SMARTS) is 1. The summed E-state index contributed by atoms with van der Waals surface area (Å²) in [6, 6.07) is 3.71. The molecule has 2 N–H and O–H groups in total. The third-order valence-electron chi connectivity index (χ3n) is 3.25. The van der Waals surface area contributed by atoms with E-state index in [-0.39, 0.29) is 6.42 Å². The van der Waals surface area contributed by atoms with E-state index in [0.29, 0.717) is 23.9 Å². The van der Waals surface area contributed by atoms with E-state index in [1.54, 1.807) is 0 Å². The Bertz CT molecular complexity index is 730. The molecule has 0 aliphatic carbocycles. The fraction of sp³-hybridized carbons (Fsp3) is 0.375. The quantitative estimate of drug-likeness (QED) is 0.628. The number of aliphatic carboxylic acids is 1. The van der Waals surface area contributed by atoms with Gasteiger partial charge >= 0.3 is 5.97 Å². The third-order valence-corrected chi connectivity index (χ3v) is 3.25. The SMILES string of the molecule is C/C(=N/Nc1nc(C)cc(C)n1)c1cc(CCC(=O)O)oc1C. The lowest BCUT2D eigenvalue weighted by atomic mass is 10.1. The Labute approximate surface area is 134 Å². The van der Waals surface area contributed by atoms with E-state index in [1.165, 1.54) is 0 Å². The van der Waals surface area contributed by atoms with Crippen LogP contribution >= 0.6 is 0 Å². The summed E-state index contributed by atoms with van der Waals surface area (Å²) in [6.45, 7) is 7.46. The Morgan fingerprint density at radius 3 is 2.52 bits per heavy atom. The van der Waals surface area contributed by atoms with Crippen molar-refractivity contribution in [2.45, 2.75) is 40.5 Å². The Balaban J connectivity index is 2.12. The van der Waals surface area contributed by atoms with E-state index in [0.717, 1.165) is 22.7 Å². The van der Waals surface area contributed by atoms with Crippen LogP contribution in [0.1, 0.15) is 41.8 Å². The molecule has 122 valence electrons. The van der Waals surface area contributed by atoms with Crippen molar-refractivity contribution in [3.63, 3.8) is 0 Å². The highest BCUT2D eigenvalue weighted by Crippen LogP contribution is 2.17. The van der Waals surface area contributed by atoms with Crippen LogP contribution in [-0.2, 0) is 11.2 Å². The molecule has 23 heavy (non-hydrogen) atoms. The molecule has 0 saturated heterocycles. The molecule has 0 fully saturated rings. The molecular formula is C16H20N4O3. The van der Waals surface area contributed by atoms with Crippen LogP contribution < -0.4 is 5.43 Å². The maximum atomic E-state index is 10.6. The minimum absolute atomic E-state index is 0.0389. The number of furan rings is 1. The highest BCUT2D eigenvalue weighted by molar-refractivity contribution is 6.00. The van der Waals surface area contributed by atoms with Gasteiger partial charge in [0.15, 0.2) is 0 Å². The number of aryl methyl sites for hydroxylation is 4. The van der Waals surface area contributed by atoms with E-state index in [4.69, 9.17) is 9.52 Å². The van der Waals surface area contributed by atoms with Crippen LogP contribution in [0, 0.1) is 20.8 Å². The maximum absolute atomic E-state index is 10.6. The summed E-state index contributed by atoms with van der Waals surface area (Å²) >= 11 is 0. The van der Waals surface area contributed by atoms with Crippen LogP contribution in [0.3, 0.4) is 0 Å². The lowest BCUT2D eigenvalue weighted by Gasteiger charge is -2.03. The monoisotopic (exact) mass is 316 g/mol. The minimum atomic E-state index is -0.848. The molecule has 2 aromatic rings. The highest BCUT2D eigenvalue weighted by atomic mass is 16.4. The second-order valence-electron chi connectivity index (χ2n) is 5.36. The molecule has 7 nitrogen and oxygen atoms in total. The first-order chi connectivity index (χ1) is 10.8. The molecule has 2 rings (SSSR count). The number of nitrogens with one attached hydrogen (secondary N) is 1. The van der Waals surface area contributed by atoms with Crippen LogP contribution in [0.15, 0.2) is 21.7 Å². The lowest BCUT2D eigenvalue weighted by molar-refractivity contribution is -0.137. The van der Waals surface area contributed by atoms with Crippen LogP contribution in [0.2, 0.25) is 0 Å². The van der Waals surface area contributed by atoms with Crippen molar-refractivity contribution in [3.05, 3.63) is 40.6 Å². The molecule has 2 heterocycles. The summed E-state index contributed by atoms with van der Waals surface area (Å²) in [4.78, 5) is 19.1. The van der Waals surface area contributed by atoms with Gasteiger partial charge in [-0.25, -0.2) is 15.4 Å². The lowest BCUT2D eigenvalue weighted by Crippen LogP contribution is -2.04. The van der Waals surface area contributed by atoms with Gasteiger partial charge in [0, 0.05) is 23.4 Å². The number of rotatable bonds is 6. The van der Waals surface area contributed by atoms with Crippen LogP contribution in [0.4, 0.5) is 5.95 Å². The first kappa shape index (κ1) is 16.7. The first-order valence-corrected chi connectivity index (χ1v) is 7.29. The van der Waals surface area contributed by atoms with Crippen LogP contribution in [-0.4, -0.2) is 26.8 Å². The number of hydrogen-bond donors (Lipinski definition) is 2. The fourth-order valence-electron chi connectivity index (χ4n) is 2.23. The predicted molar refractivity (Wildman–Crippen MR) is 86.7 cm³/mol. The summed E-state index contributed by atoms with van der Waals surface area (Å²) in [7, 11) is 0. The van der Waals surface area contributed by atoms with Crippen molar-refractivity contribution in [2.75, 3.05) is 5.43 Å². The molecule has 0 radical (unpaired) electrons. The number of hydrogen-bond acceptors (Lipinski definition) is 6. The van der Waals surface area contributed by atoms with Crippen molar-refractivity contribution in [1.29, 1.82) is 0 Å². The molecule has 0 atom stereocenters. The zero-order valence-electron chi connectivity index (χ0n) is 13.7. The zero-order valence-corrected chi connectivity index (χ0v) is 13.7. The number of nitrogens with zero attached hydrogens (tertiary/aromatic N) is 3. The molecule has 2 aromatic heterocycles. The first-order valence-electron chi connectivity index (χ1n) is 7.29. The van der Waals surface area contributed by atoms with Gasteiger partial charge in [-0.3, -0.25) is 4.79 Å². The smallest absolute Gasteiger partial charge is 0.303 e. The normalized spacial score (nSPS) is 11.6. The van der Waals surface area contributed by atoms with Crippen molar-refractivity contribution in [2.24, 2.45) is 5.10 Å². The zero-order chi connectivity index (χ0) is 17.0. The molecule has 0 spiro atoms. The van der Waals surface area contributed by atoms with Crippen molar-refractivity contribution < 1.29 is 14.3 Å². The van der Waals surface area contributed by atoms with Gasteiger partial charge in [-0.15, -0.1) is 0 Å². The van der Waals surface area contributed by atoms with Gasteiger partial charge in [0.1, 0.15) is 11.5 Å². The molecule has 0 saturated carbocycles. The molecule has 0 aliphatic heterocycles. The molecule has 0 unspecified atom stereocenters. The van der Waals surface area contributed by atoms with E-state index in [1.807, 2.05) is 39.8 Å². The summed E-state index contributed by atoms with van der Waals surface area (Å²) < 4.78 is 5.57. The molecule has 0 aromatic carbocycles. The Morgan fingerprint density at radius 1 is 1.26 bits per heavy atom. The highest BCUT2D eigenvalue weighted by Gasteiger charge is 2.11. The second kappa shape index (κ2) is 7.04. The number of carboxylic acids is 1. The molecule has 0 amide bonds. The number of anilines is 1. The van der Waals surface area contributed by atoms with E-state index in [9.17, 15) is 4.79 Å². The van der Waals surface area contributed by atoms with E-state index in [2.05, 4.69) is 20.5 Å². The average Bonchev–Trinajstić information content (AvgIpc) is 2.83. The van der Waals surface area contributed by atoms with Crippen LogP contribution in [0.25, 0.3) is 0 Å². The molecule has 0 bridgehead atoms.